The van der Waals surface area contributed by atoms with Gasteiger partial charge in [0.15, 0.2) is 0 Å². The average molecular weight is 301 g/mol. The molecular weight excluding hydrogens is 274 g/mol. The van der Waals surface area contributed by atoms with Crippen molar-refractivity contribution >= 4 is 17.9 Å². The summed E-state index contributed by atoms with van der Waals surface area (Å²) in [5.74, 6) is -1.79. The lowest BCUT2D eigenvalue weighted by Gasteiger charge is -2.33. The van der Waals surface area contributed by atoms with E-state index >= 15 is 0 Å². The predicted molar refractivity (Wildman–Crippen MR) is 79.7 cm³/mol. The molecule has 122 valence electrons. The molecule has 5 N–H and O–H groups in total. The third kappa shape index (κ3) is 9.70. The number of rotatable bonds is 7. The fourth-order valence-corrected chi connectivity index (χ4v) is 2.42. The normalized spacial score (nSPS) is 13.4. The summed E-state index contributed by atoms with van der Waals surface area (Å²) < 4.78 is 0. The molecule has 0 spiro atoms. The second-order valence-electron chi connectivity index (χ2n) is 7.12. The Balaban J connectivity index is 4.56. The summed E-state index contributed by atoms with van der Waals surface area (Å²) >= 11 is 0. The van der Waals surface area contributed by atoms with Crippen molar-refractivity contribution in [2.45, 2.75) is 65.5 Å². The van der Waals surface area contributed by atoms with Gasteiger partial charge in [-0.3, -0.25) is 4.79 Å². The zero-order chi connectivity index (χ0) is 16.8. The first kappa shape index (κ1) is 19.2. The van der Waals surface area contributed by atoms with Gasteiger partial charge >= 0.3 is 12.0 Å². The van der Waals surface area contributed by atoms with E-state index in [0.717, 1.165) is 6.42 Å². The number of nitrogens with one attached hydrogen (secondary N) is 2. The summed E-state index contributed by atoms with van der Waals surface area (Å²) in [5.41, 5.74) is 4.53. The molecule has 0 aliphatic carbocycles. The maximum absolute atomic E-state index is 11.9. The number of carboxylic acids is 1. The molecule has 0 saturated heterocycles. The first-order valence-corrected chi connectivity index (χ1v) is 6.92. The largest absolute Gasteiger partial charge is 0.480 e. The van der Waals surface area contributed by atoms with Gasteiger partial charge in [-0.05, 0) is 32.1 Å². The summed E-state index contributed by atoms with van der Waals surface area (Å²) in [7, 11) is 0. The Bertz CT molecular complexity index is 400. The van der Waals surface area contributed by atoms with Gasteiger partial charge in [-0.15, -0.1) is 0 Å². The van der Waals surface area contributed by atoms with E-state index in [-0.39, 0.29) is 18.3 Å². The lowest BCUT2D eigenvalue weighted by atomic mass is 9.82. The van der Waals surface area contributed by atoms with Crippen molar-refractivity contribution in [3.63, 3.8) is 0 Å². The van der Waals surface area contributed by atoms with Crippen LogP contribution in [0.15, 0.2) is 0 Å². The number of hydrogen-bond acceptors (Lipinski definition) is 3. The number of primary amides is 1. The number of urea groups is 1. The molecule has 1 atom stereocenters. The van der Waals surface area contributed by atoms with Crippen LogP contribution in [-0.4, -0.2) is 34.6 Å². The third-order valence-corrected chi connectivity index (χ3v) is 2.71. The molecule has 0 radical (unpaired) electrons. The van der Waals surface area contributed by atoms with Gasteiger partial charge in [0.25, 0.3) is 0 Å². The van der Waals surface area contributed by atoms with Crippen molar-refractivity contribution in [1.29, 1.82) is 0 Å². The van der Waals surface area contributed by atoms with Gasteiger partial charge in [-0.2, -0.15) is 0 Å². The number of nitrogens with two attached hydrogens (primary N) is 1. The second-order valence-corrected chi connectivity index (χ2v) is 7.12. The Hall–Kier alpha value is -1.79. The van der Waals surface area contributed by atoms with Gasteiger partial charge in [0, 0.05) is 12.0 Å². The van der Waals surface area contributed by atoms with Gasteiger partial charge in [0.1, 0.15) is 6.04 Å². The third-order valence-electron chi connectivity index (χ3n) is 2.71. The Morgan fingerprint density at radius 3 is 2.05 bits per heavy atom. The summed E-state index contributed by atoms with van der Waals surface area (Å²) in [5, 5.41) is 14.1. The van der Waals surface area contributed by atoms with Crippen LogP contribution >= 0.6 is 0 Å². The van der Waals surface area contributed by atoms with Crippen LogP contribution < -0.4 is 16.4 Å². The highest BCUT2D eigenvalue weighted by Crippen LogP contribution is 2.26. The lowest BCUT2D eigenvalue weighted by molar-refractivity contribution is -0.139. The molecule has 3 amide bonds. The Kier molecular flexibility index (Phi) is 6.66. The van der Waals surface area contributed by atoms with Crippen molar-refractivity contribution in [3.05, 3.63) is 0 Å². The summed E-state index contributed by atoms with van der Waals surface area (Å²) in [6.45, 7) is 9.91. The lowest BCUT2D eigenvalue weighted by Crippen LogP contribution is -2.53. The van der Waals surface area contributed by atoms with Crippen LogP contribution in [-0.2, 0) is 9.59 Å². The van der Waals surface area contributed by atoms with Crippen LogP contribution in [0.1, 0.15) is 53.9 Å². The average Bonchev–Trinajstić information content (AvgIpc) is 2.18. The molecule has 7 nitrogen and oxygen atoms in total. The fraction of sp³-hybridized carbons (Fsp3) is 0.786. The first-order valence-electron chi connectivity index (χ1n) is 6.92. The van der Waals surface area contributed by atoms with Gasteiger partial charge in [0.2, 0.25) is 5.91 Å². The molecule has 0 aliphatic rings. The highest BCUT2D eigenvalue weighted by atomic mass is 16.4. The minimum atomic E-state index is -1.19. The monoisotopic (exact) mass is 301 g/mol. The van der Waals surface area contributed by atoms with Gasteiger partial charge < -0.3 is 21.5 Å². The van der Waals surface area contributed by atoms with E-state index in [9.17, 15) is 14.4 Å². The maximum atomic E-state index is 11.9. The Morgan fingerprint density at radius 1 is 1.14 bits per heavy atom. The molecule has 0 bridgehead atoms. The van der Waals surface area contributed by atoms with E-state index < -0.39 is 29.5 Å². The molecule has 0 saturated carbocycles. The van der Waals surface area contributed by atoms with Crippen molar-refractivity contribution in [3.8, 4) is 0 Å². The Morgan fingerprint density at radius 2 is 1.67 bits per heavy atom. The molecule has 0 fully saturated rings. The molecule has 21 heavy (non-hydrogen) atoms. The Labute approximate surface area is 125 Å². The molecule has 0 aromatic rings. The zero-order valence-electron chi connectivity index (χ0n) is 13.4. The van der Waals surface area contributed by atoms with Crippen molar-refractivity contribution in [1.82, 2.24) is 10.6 Å². The molecule has 0 aromatic carbocycles. The molecule has 0 aromatic heterocycles. The van der Waals surface area contributed by atoms with Crippen molar-refractivity contribution in [2.75, 3.05) is 0 Å². The van der Waals surface area contributed by atoms with E-state index in [1.54, 1.807) is 0 Å². The molecule has 0 aliphatic heterocycles. The second kappa shape index (κ2) is 7.28. The summed E-state index contributed by atoms with van der Waals surface area (Å²) in [6, 6.07) is -1.70. The quantitative estimate of drug-likeness (QED) is 0.564. The van der Waals surface area contributed by atoms with Crippen LogP contribution in [0.5, 0.6) is 0 Å². The van der Waals surface area contributed by atoms with Gasteiger partial charge in [-0.1, -0.05) is 20.8 Å². The topological polar surface area (TPSA) is 122 Å². The standard InChI is InChI=1S/C14H27N3O4/c1-13(2,3)8-14(4,5)17-12(21)16-9(11(19)20)6-7-10(15)18/h9H,6-8H2,1-5H3,(H2,15,18)(H,19,20)(H2,16,17,21)/t9-/m1/s1. The molecule has 0 unspecified atom stereocenters. The van der Waals surface area contributed by atoms with E-state index in [2.05, 4.69) is 31.4 Å². The van der Waals surface area contributed by atoms with E-state index in [1.807, 2.05) is 13.8 Å². The molecule has 0 rings (SSSR count). The van der Waals surface area contributed by atoms with E-state index in [1.165, 1.54) is 0 Å². The van der Waals surface area contributed by atoms with Crippen LogP contribution in [0, 0.1) is 5.41 Å². The molecular formula is C14H27N3O4. The van der Waals surface area contributed by atoms with E-state index in [0.29, 0.717) is 0 Å². The van der Waals surface area contributed by atoms with E-state index in [4.69, 9.17) is 10.8 Å². The molecule has 0 heterocycles. The highest BCUT2D eigenvalue weighted by molar-refractivity contribution is 5.83. The smallest absolute Gasteiger partial charge is 0.326 e. The van der Waals surface area contributed by atoms with Crippen molar-refractivity contribution in [2.24, 2.45) is 11.1 Å². The highest BCUT2D eigenvalue weighted by Gasteiger charge is 2.28. The van der Waals surface area contributed by atoms with Gasteiger partial charge in [-0.25, -0.2) is 9.59 Å². The minimum absolute atomic E-state index is 0.0228. The van der Waals surface area contributed by atoms with Crippen molar-refractivity contribution < 1.29 is 19.5 Å². The number of carbonyl (C=O) groups is 3. The fourth-order valence-electron chi connectivity index (χ4n) is 2.42. The number of aliphatic carboxylic acids is 1. The molecule has 7 heteroatoms. The SMILES string of the molecule is CC(C)(C)CC(C)(C)NC(=O)N[C@H](CCC(N)=O)C(=O)O. The summed E-state index contributed by atoms with van der Waals surface area (Å²) in [6.07, 6.45) is 0.604. The number of hydrogen-bond donors (Lipinski definition) is 4. The number of carbonyl (C=O) groups excluding carboxylic acids is 2. The van der Waals surface area contributed by atoms with Crippen LogP contribution in [0.2, 0.25) is 0 Å². The number of amides is 3. The maximum Gasteiger partial charge on any atom is 0.326 e. The van der Waals surface area contributed by atoms with Crippen LogP contribution in [0.25, 0.3) is 0 Å². The van der Waals surface area contributed by atoms with Crippen LogP contribution in [0.4, 0.5) is 4.79 Å². The zero-order valence-corrected chi connectivity index (χ0v) is 13.4. The van der Waals surface area contributed by atoms with Crippen LogP contribution in [0.3, 0.4) is 0 Å². The number of carboxylic acid groups (broad SMARTS) is 1. The predicted octanol–water partition coefficient (Wildman–Crippen LogP) is 1.22. The summed E-state index contributed by atoms with van der Waals surface area (Å²) in [4.78, 5) is 33.6. The first-order chi connectivity index (χ1) is 9.32. The minimum Gasteiger partial charge on any atom is -0.480 e. The van der Waals surface area contributed by atoms with Gasteiger partial charge in [0.05, 0.1) is 0 Å².